The van der Waals surface area contributed by atoms with Crippen LogP contribution in [-0.2, 0) is 0 Å². The third-order valence-corrected chi connectivity index (χ3v) is 4.68. The first-order valence-electron chi connectivity index (χ1n) is 6.77. The first-order valence-corrected chi connectivity index (χ1v) is 7.89. The molecule has 0 aliphatic carbocycles. The fraction of sp³-hybridized carbons (Fsp3) is 0.533. The number of hydrogen-bond acceptors (Lipinski definition) is 3. The Bertz CT molecular complexity index is 448. The fourth-order valence-corrected chi connectivity index (χ4v) is 3.16. The van der Waals surface area contributed by atoms with E-state index in [4.69, 9.17) is 9.47 Å². The van der Waals surface area contributed by atoms with E-state index in [1.165, 1.54) is 0 Å². The summed E-state index contributed by atoms with van der Waals surface area (Å²) in [6, 6.07) is 5.41. The molecule has 1 heterocycles. The van der Waals surface area contributed by atoms with Crippen molar-refractivity contribution in [2.75, 3.05) is 32.6 Å². The van der Waals surface area contributed by atoms with Crippen LogP contribution in [0.4, 0.5) is 0 Å². The molecule has 0 spiro atoms. The number of hydrogen-bond donors (Lipinski definition) is 0. The average molecular weight is 342 g/mol. The maximum absolute atomic E-state index is 12.7. The minimum absolute atomic E-state index is 0.00711. The smallest absolute Gasteiger partial charge is 0.261 e. The molecular weight excluding hydrogens is 322 g/mol. The number of benzene rings is 1. The Morgan fingerprint density at radius 2 is 1.80 bits per heavy atom. The zero-order valence-corrected chi connectivity index (χ0v) is 13.5. The first-order chi connectivity index (χ1) is 9.71. The summed E-state index contributed by atoms with van der Waals surface area (Å²) in [5, 5.41) is 1.01. The molecule has 1 aliphatic rings. The van der Waals surface area contributed by atoms with Crippen molar-refractivity contribution in [3.8, 4) is 11.5 Å². The Labute approximate surface area is 128 Å². The van der Waals surface area contributed by atoms with Crippen LogP contribution in [0.3, 0.4) is 0 Å². The maximum Gasteiger partial charge on any atom is 0.261 e. The second kappa shape index (κ2) is 6.97. The van der Waals surface area contributed by atoms with E-state index < -0.39 is 0 Å². The molecule has 5 heteroatoms. The molecule has 20 heavy (non-hydrogen) atoms. The lowest BCUT2D eigenvalue weighted by Gasteiger charge is -2.31. The van der Waals surface area contributed by atoms with Gasteiger partial charge in [0.25, 0.3) is 5.91 Å². The van der Waals surface area contributed by atoms with Crippen LogP contribution in [0.5, 0.6) is 11.5 Å². The molecule has 0 unspecified atom stereocenters. The molecule has 0 bridgehead atoms. The van der Waals surface area contributed by atoms with Crippen LogP contribution in [0, 0.1) is 5.92 Å². The van der Waals surface area contributed by atoms with Crippen LogP contribution < -0.4 is 9.47 Å². The molecule has 1 amide bonds. The number of nitrogens with zero attached hydrogens (tertiary/aromatic N) is 1. The molecule has 0 atom stereocenters. The number of carbonyl (C=O) groups is 1. The molecule has 0 N–H and O–H groups in total. The monoisotopic (exact) mass is 341 g/mol. The molecule has 4 nitrogen and oxygen atoms in total. The Morgan fingerprint density at radius 1 is 1.25 bits per heavy atom. The van der Waals surface area contributed by atoms with Crippen molar-refractivity contribution in [1.82, 2.24) is 4.90 Å². The van der Waals surface area contributed by atoms with Gasteiger partial charge in [-0.2, -0.15) is 0 Å². The highest BCUT2D eigenvalue weighted by atomic mass is 79.9. The highest BCUT2D eigenvalue weighted by Crippen LogP contribution is 2.31. The topological polar surface area (TPSA) is 38.8 Å². The van der Waals surface area contributed by atoms with E-state index in [9.17, 15) is 4.79 Å². The number of amides is 1. The quantitative estimate of drug-likeness (QED) is 0.790. The summed E-state index contributed by atoms with van der Waals surface area (Å²) >= 11 is 3.51. The predicted octanol–water partition coefficient (Wildman–Crippen LogP) is 2.95. The minimum atomic E-state index is -0.00711. The molecule has 110 valence electrons. The highest BCUT2D eigenvalue weighted by Gasteiger charge is 2.27. The third-order valence-electron chi connectivity index (χ3n) is 3.76. The van der Waals surface area contributed by atoms with Gasteiger partial charge in [-0.25, -0.2) is 0 Å². The van der Waals surface area contributed by atoms with Crippen molar-refractivity contribution in [1.29, 1.82) is 0 Å². The molecule has 1 saturated heterocycles. The Kier molecular flexibility index (Phi) is 5.29. The summed E-state index contributed by atoms with van der Waals surface area (Å²) in [5.41, 5.74) is 0.523. The molecule has 0 saturated carbocycles. The number of halogens is 1. The third kappa shape index (κ3) is 3.08. The minimum Gasteiger partial charge on any atom is -0.496 e. The Balaban J connectivity index is 2.21. The molecule has 0 radical (unpaired) electrons. The molecule has 2 rings (SSSR count). The van der Waals surface area contributed by atoms with Gasteiger partial charge in [-0.05, 0) is 30.9 Å². The SMILES string of the molecule is COc1cccc(OC)c1C(=O)N1CCC(CBr)CC1. The van der Waals surface area contributed by atoms with Crippen molar-refractivity contribution in [2.24, 2.45) is 5.92 Å². The molecule has 1 fully saturated rings. The van der Waals surface area contributed by atoms with Crippen molar-refractivity contribution >= 4 is 21.8 Å². The van der Waals surface area contributed by atoms with Gasteiger partial charge >= 0.3 is 0 Å². The van der Waals surface area contributed by atoms with Crippen LogP contribution in [0.25, 0.3) is 0 Å². The standard InChI is InChI=1S/C15H20BrNO3/c1-19-12-4-3-5-13(20-2)14(12)15(18)17-8-6-11(10-16)7-9-17/h3-5,11H,6-10H2,1-2H3. The van der Waals surface area contributed by atoms with Crippen molar-refractivity contribution in [3.05, 3.63) is 23.8 Å². The summed E-state index contributed by atoms with van der Waals surface area (Å²) in [5.74, 6) is 1.79. The number of rotatable bonds is 4. The van der Waals surface area contributed by atoms with E-state index in [0.29, 0.717) is 23.0 Å². The van der Waals surface area contributed by atoms with Gasteiger partial charge in [-0.3, -0.25) is 4.79 Å². The van der Waals surface area contributed by atoms with E-state index >= 15 is 0 Å². The van der Waals surface area contributed by atoms with E-state index in [-0.39, 0.29) is 5.91 Å². The lowest BCUT2D eigenvalue weighted by molar-refractivity contribution is 0.0692. The van der Waals surface area contributed by atoms with E-state index in [2.05, 4.69) is 15.9 Å². The van der Waals surface area contributed by atoms with Crippen LogP contribution in [0.15, 0.2) is 18.2 Å². The van der Waals surface area contributed by atoms with E-state index in [0.717, 1.165) is 31.3 Å². The number of carbonyl (C=O) groups excluding carboxylic acids is 1. The van der Waals surface area contributed by atoms with E-state index in [1.807, 2.05) is 11.0 Å². The molecule has 1 aliphatic heterocycles. The van der Waals surface area contributed by atoms with Gasteiger partial charge in [0.15, 0.2) is 0 Å². The summed E-state index contributed by atoms with van der Waals surface area (Å²) < 4.78 is 10.6. The summed E-state index contributed by atoms with van der Waals surface area (Å²) in [7, 11) is 3.14. The second-order valence-electron chi connectivity index (χ2n) is 4.93. The summed E-state index contributed by atoms with van der Waals surface area (Å²) in [6.07, 6.45) is 2.07. The normalized spacial score (nSPS) is 16.1. The van der Waals surface area contributed by atoms with Gasteiger partial charge < -0.3 is 14.4 Å². The first kappa shape index (κ1) is 15.2. The largest absolute Gasteiger partial charge is 0.496 e. The van der Waals surface area contributed by atoms with Crippen LogP contribution in [-0.4, -0.2) is 43.4 Å². The van der Waals surface area contributed by atoms with Gasteiger partial charge in [-0.15, -0.1) is 0 Å². The van der Waals surface area contributed by atoms with Crippen molar-refractivity contribution in [2.45, 2.75) is 12.8 Å². The summed E-state index contributed by atoms with van der Waals surface area (Å²) in [4.78, 5) is 14.6. The lowest BCUT2D eigenvalue weighted by Crippen LogP contribution is -2.39. The van der Waals surface area contributed by atoms with E-state index in [1.54, 1.807) is 26.4 Å². The molecule has 1 aromatic carbocycles. The van der Waals surface area contributed by atoms with Crippen molar-refractivity contribution in [3.63, 3.8) is 0 Å². The van der Waals surface area contributed by atoms with Crippen LogP contribution in [0.2, 0.25) is 0 Å². The average Bonchev–Trinajstić information content (AvgIpc) is 2.53. The van der Waals surface area contributed by atoms with Gasteiger partial charge in [0.05, 0.1) is 14.2 Å². The number of likely N-dealkylation sites (tertiary alicyclic amines) is 1. The summed E-state index contributed by atoms with van der Waals surface area (Å²) in [6.45, 7) is 1.58. The van der Waals surface area contributed by atoms with Gasteiger partial charge in [-0.1, -0.05) is 22.0 Å². The number of piperidine rings is 1. The predicted molar refractivity (Wildman–Crippen MR) is 82.0 cm³/mol. The highest BCUT2D eigenvalue weighted by molar-refractivity contribution is 9.09. The number of methoxy groups -OCH3 is 2. The molecule has 1 aromatic rings. The Hall–Kier alpha value is -1.23. The zero-order valence-electron chi connectivity index (χ0n) is 11.9. The van der Waals surface area contributed by atoms with Crippen LogP contribution in [0.1, 0.15) is 23.2 Å². The van der Waals surface area contributed by atoms with Gasteiger partial charge in [0, 0.05) is 18.4 Å². The molecular formula is C15H20BrNO3. The van der Waals surface area contributed by atoms with Crippen LogP contribution >= 0.6 is 15.9 Å². The van der Waals surface area contributed by atoms with Crippen molar-refractivity contribution < 1.29 is 14.3 Å². The zero-order chi connectivity index (χ0) is 14.5. The lowest BCUT2D eigenvalue weighted by atomic mass is 9.98. The fourth-order valence-electron chi connectivity index (χ4n) is 2.51. The molecule has 0 aromatic heterocycles. The second-order valence-corrected chi connectivity index (χ2v) is 5.57. The number of ether oxygens (including phenoxy) is 2. The van der Waals surface area contributed by atoms with Gasteiger partial charge in [0.1, 0.15) is 17.1 Å². The maximum atomic E-state index is 12.7. The number of alkyl halides is 1. The Morgan fingerprint density at radius 3 is 2.25 bits per heavy atom. The van der Waals surface area contributed by atoms with Gasteiger partial charge in [0.2, 0.25) is 0 Å².